The number of H-pyrrole nitrogens is 1. The number of halogens is 1. The van der Waals surface area contributed by atoms with Gasteiger partial charge in [0, 0.05) is 23.6 Å². The van der Waals surface area contributed by atoms with Crippen molar-refractivity contribution in [3.8, 4) is 5.75 Å². The Kier molecular flexibility index (Phi) is 5.03. The van der Waals surface area contributed by atoms with Crippen molar-refractivity contribution >= 4 is 32.9 Å². The van der Waals surface area contributed by atoms with Crippen LogP contribution in [0.1, 0.15) is 18.9 Å². The number of hydrogen-bond acceptors (Lipinski definition) is 3. The molecule has 0 atom stereocenters. The van der Waals surface area contributed by atoms with Gasteiger partial charge < -0.3 is 14.6 Å². The van der Waals surface area contributed by atoms with Crippen molar-refractivity contribution in [1.29, 1.82) is 0 Å². The zero-order valence-corrected chi connectivity index (χ0v) is 16.3. The first-order valence-corrected chi connectivity index (χ1v) is 9.76. The molecule has 1 aliphatic heterocycles. The lowest BCUT2D eigenvalue weighted by atomic mass is 10.0. The van der Waals surface area contributed by atoms with Crippen molar-refractivity contribution in [3.63, 3.8) is 0 Å². The van der Waals surface area contributed by atoms with Crippen LogP contribution in [0.15, 0.2) is 57.8 Å². The van der Waals surface area contributed by atoms with E-state index in [0.717, 1.165) is 28.3 Å². The van der Waals surface area contributed by atoms with Gasteiger partial charge in [0.2, 0.25) is 0 Å². The van der Waals surface area contributed by atoms with Gasteiger partial charge in [0.25, 0.3) is 5.91 Å². The predicted molar refractivity (Wildman–Crippen MR) is 107 cm³/mol. The van der Waals surface area contributed by atoms with Crippen LogP contribution in [0.4, 0.5) is 0 Å². The van der Waals surface area contributed by atoms with Crippen molar-refractivity contribution in [2.24, 2.45) is 0 Å². The van der Waals surface area contributed by atoms with Gasteiger partial charge in [-0.15, -0.1) is 0 Å². The molecule has 0 aliphatic carbocycles. The molecular weight excluding hydrogens is 410 g/mol. The quantitative estimate of drug-likeness (QED) is 0.691. The lowest BCUT2D eigenvalue weighted by molar-refractivity contribution is -0.134. The van der Waals surface area contributed by atoms with Crippen molar-refractivity contribution in [1.82, 2.24) is 14.5 Å². The molecule has 3 aromatic rings. The fourth-order valence-electron chi connectivity index (χ4n) is 3.58. The number of ether oxygens (including phenoxy) is 1. The number of carbonyl (C=O) groups is 1. The maximum atomic E-state index is 12.4. The number of hydrogen-bond donors (Lipinski definition) is 1. The summed E-state index contributed by atoms with van der Waals surface area (Å²) in [4.78, 5) is 29.5. The van der Waals surface area contributed by atoms with Crippen LogP contribution in [0.25, 0.3) is 11.0 Å². The highest BCUT2D eigenvalue weighted by molar-refractivity contribution is 9.10. The lowest BCUT2D eigenvalue weighted by Gasteiger charge is -2.32. The van der Waals surface area contributed by atoms with E-state index in [1.807, 2.05) is 58.0 Å². The number of amides is 1. The molecule has 0 unspecified atom stereocenters. The molecule has 1 N–H and O–H groups in total. The Hall–Kier alpha value is -2.54. The molecule has 0 saturated carbocycles. The molecule has 6 nitrogen and oxygen atoms in total. The molecule has 1 aromatic heterocycles. The SMILES string of the molecule is O=C(COc1ccc(Br)cc1)N1CCC(n2c(=O)[nH]c3ccccc32)CC1. The van der Waals surface area contributed by atoms with Crippen molar-refractivity contribution in [3.05, 3.63) is 63.5 Å². The van der Waals surface area contributed by atoms with Crippen LogP contribution >= 0.6 is 15.9 Å². The highest BCUT2D eigenvalue weighted by Crippen LogP contribution is 2.25. The number of nitrogens with zero attached hydrogens (tertiary/aromatic N) is 2. The summed E-state index contributed by atoms with van der Waals surface area (Å²) in [7, 11) is 0. The Bertz CT molecular complexity index is 1000. The smallest absolute Gasteiger partial charge is 0.326 e. The van der Waals surface area contributed by atoms with Crippen molar-refractivity contribution in [2.75, 3.05) is 19.7 Å². The second kappa shape index (κ2) is 7.60. The number of carbonyl (C=O) groups excluding carboxylic acids is 1. The van der Waals surface area contributed by atoms with Crippen LogP contribution < -0.4 is 10.4 Å². The van der Waals surface area contributed by atoms with Crippen LogP contribution in [0.5, 0.6) is 5.75 Å². The van der Waals surface area contributed by atoms with Gasteiger partial charge in [-0.3, -0.25) is 9.36 Å². The second-order valence-corrected chi connectivity index (χ2v) is 7.59. The number of benzene rings is 2. The van der Waals surface area contributed by atoms with Gasteiger partial charge in [0.05, 0.1) is 11.0 Å². The van der Waals surface area contributed by atoms with Crippen LogP contribution in [-0.2, 0) is 4.79 Å². The first-order chi connectivity index (χ1) is 13.1. The average Bonchev–Trinajstić information content (AvgIpc) is 3.03. The Morgan fingerprint density at radius 1 is 1.11 bits per heavy atom. The van der Waals surface area contributed by atoms with E-state index in [1.54, 1.807) is 0 Å². The Balaban J connectivity index is 1.37. The van der Waals surface area contributed by atoms with E-state index in [4.69, 9.17) is 4.74 Å². The van der Waals surface area contributed by atoms with Gasteiger partial charge in [-0.05, 0) is 49.2 Å². The Morgan fingerprint density at radius 3 is 2.56 bits per heavy atom. The van der Waals surface area contributed by atoms with Crippen LogP contribution in [0.2, 0.25) is 0 Å². The molecule has 4 rings (SSSR count). The Labute approximate surface area is 164 Å². The molecule has 140 valence electrons. The molecule has 0 radical (unpaired) electrons. The van der Waals surface area contributed by atoms with Gasteiger partial charge in [-0.25, -0.2) is 4.79 Å². The summed E-state index contributed by atoms with van der Waals surface area (Å²) in [6, 6.07) is 15.2. The number of rotatable bonds is 4. The third-order valence-electron chi connectivity index (χ3n) is 4.98. The molecule has 1 amide bonds. The van der Waals surface area contributed by atoms with Gasteiger partial charge >= 0.3 is 5.69 Å². The molecule has 27 heavy (non-hydrogen) atoms. The fraction of sp³-hybridized carbons (Fsp3) is 0.300. The maximum absolute atomic E-state index is 12.4. The topological polar surface area (TPSA) is 67.3 Å². The number of para-hydroxylation sites is 2. The standard InChI is InChI=1S/C20H20BrN3O3/c21-14-5-7-16(8-6-14)27-13-19(25)23-11-9-15(10-12-23)24-18-4-2-1-3-17(18)22-20(24)26/h1-8,15H,9-13H2,(H,22,26). The molecule has 2 aromatic carbocycles. The number of nitrogens with one attached hydrogen (secondary N) is 1. The first kappa shape index (κ1) is 17.9. The second-order valence-electron chi connectivity index (χ2n) is 6.67. The molecule has 1 fully saturated rings. The van der Waals surface area contributed by atoms with Crippen LogP contribution in [0.3, 0.4) is 0 Å². The van der Waals surface area contributed by atoms with E-state index in [1.165, 1.54) is 0 Å². The van der Waals surface area contributed by atoms with Crippen LogP contribution in [0, 0.1) is 0 Å². The molecule has 1 saturated heterocycles. The summed E-state index contributed by atoms with van der Waals surface area (Å²) < 4.78 is 8.38. The first-order valence-electron chi connectivity index (χ1n) is 8.97. The third-order valence-corrected chi connectivity index (χ3v) is 5.51. The molecule has 2 heterocycles. The lowest BCUT2D eigenvalue weighted by Crippen LogP contribution is -2.42. The summed E-state index contributed by atoms with van der Waals surface area (Å²) in [6.07, 6.45) is 1.51. The fourth-order valence-corrected chi connectivity index (χ4v) is 3.84. The van der Waals surface area contributed by atoms with Crippen molar-refractivity contribution < 1.29 is 9.53 Å². The zero-order chi connectivity index (χ0) is 18.8. The predicted octanol–water partition coefficient (Wildman–Crippen LogP) is 3.33. The number of fused-ring (bicyclic) bond motifs is 1. The van der Waals surface area contributed by atoms with Gasteiger partial charge in [0.1, 0.15) is 5.75 Å². The summed E-state index contributed by atoms with van der Waals surface area (Å²) in [5, 5.41) is 0. The molecule has 7 heteroatoms. The van der Waals surface area contributed by atoms with E-state index >= 15 is 0 Å². The summed E-state index contributed by atoms with van der Waals surface area (Å²) in [5.74, 6) is 0.648. The molecular formula is C20H20BrN3O3. The number of aromatic nitrogens is 2. The number of aromatic amines is 1. The number of piperidine rings is 1. The Morgan fingerprint density at radius 2 is 1.81 bits per heavy atom. The molecule has 1 aliphatic rings. The van der Waals surface area contributed by atoms with Crippen molar-refractivity contribution in [2.45, 2.75) is 18.9 Å². The number of likely N-dealkylation sites (tertiary alicyclic amines) is 1. The highest BCUT2D eigenvalue weighted by Gasteiger charge is 2.26. The summed E-state index contributed by atoms with van der Waals surface area (Å²) in [6.45, 7) is 1.28. The third kappa shape index (κ3) is 3.78. The summed E-state index contributed by atoms with van der Waals surface area (Å²) in [5.41, 5.74) is 1.69. The normalized spacial score (nSPS) is 15.2. The van der Waals surface area contributed by atoms with E-state index in [-0.39, 0.29) is 24.2 Å². The van der Waals surface area contributed by atoms with Gasteiger partial charge in [-0.1, -0.05) is 28.1 Å². The zero-order valence-electron chi connectivity index (χ0n) is 14.7. The van der Waals surface area contributed by atoms with E-state index in [2.05, 4.69) is 20.9 Å². The van der Waals surface area contributed by atoms with Crippen LogP contribution in [-0.4, -0.2) is 40.1 Å². The van der Waals surface area contributed by atoms with Gasteiger partial charge in [-0.2, -0.15) is 0 Å². The van der Waals surface area contributed by atoms with E-state index < -0.39 is 0 Å². The minimum atomic E-state index is -0.0838. The number of imidazole rings is 1. The largest absolute Gasteiger partial charge is 0.484 e. The average molecular weight is 430 g/mol. The molecule has 0 spiro atoms. The minimum absolute atomic E-state index is 0.0253. The van der Waals surface area contributed by atoms with E-state index in [0.29, 0.717) is 18.8 Å². The molecule has 0 bridgehead atoms. The highest BCUT2D eigenvalue weighted by atomic mass is 79.9. The summed E-state index contributed by atoms with van der Waals surface area (Å²) >= 11 is 3.37. The maximum Gasteiger partial charge on any atom is 0.326 e. The van der Waals surface area contributed by atoms with Gasteiger partial charge in [0.15, 0.2) is 6.61 Å². The monoisotopic (exact) mass is 429 g/mol. The minimum Gasteiger partial charge on any atom is -0.484 e. The van der Waals surface area contributed by atoms with E-state index in [9.17, 15) is 9.59 Å².